The normalized spacial score (nSPS) is 16.2. The van der Waals surface area contributed by atoms with E-state index in [2.05, 4.69) is 21.9 Å². The zero-order chi connectivity index (χ0) is 11.9. The lowest BCUT2D eigenvalue weighted by Crippen LogP contribution is -2.45. The molecular weight excluding hydrogens is 264 g/mol. The van der Waals surface area contributed by atoms with Gasteiger partial charge in [0.1, 0.15) is 6.61 Å². The molecule has 4 nitrogen and oxygen atoms in total. The molecule has 0 amide bonds. The van der Waals surface area contributed by atoms with Crippen molar-refractivity contribution in [1.82, 2.24) is 0 Å². The molecule has 15 heavy (non-hydrogen) atoms. The fourth-order valence-corrected chi connectivity index (χ4v) is 1.30. The van der Waals surface area contributed by atoms with Gasteiger partial charge < -0.3 is 14.2 Å². The lowest BCUT2D eigenvalue weighted by atomic mass is 10.2. The summed E-state index contributed by atoms with van der Waals surface area (Å²) in [7, 11) is 1.43. The second kappa shape index (κ2) is 6.83. The molecule has 0 saturated carbocycles. The smallest absolute Gasteiger partial charge is 0.325 e. The number of halogens is 1. The van der Waals surface area contributed by atoms with Gasteiger partial charge in [-0.3, -0.25) is 4.79 Å². The Labute approximate surface area is 98.4 Å². The van der Waals surface area contributed by atoms with Gasteiger partial charge in [-0.2, -0.15) is 0 Å². The zero-order valence-corrected chi connectivity index (χ0v) is 10.7. The van der Waals surface area contributed by atoms with Crippen LogP contribution in [0.15, 0.2) is 0 Å². The van der Waals surface area contributed by atoms with E-state index in [4.69, 9.17) is 20.6 Å². The first-order valence-electron chi connectivity index (χ1n) is 4.45. The molecule has 0 N–H and O–H groups in total. The summed E-state index contributed by atoms with van der Waals surface area (Å²) in [4.78, 5) is 10.7. The zero-order valence-electron chi connectivity index (χ0n) is 9.08. The van der Waals surface area contributed by atoms with Gasteiger partial charge in [0.15, 0.2) is 10.6 Å². The summed E-state index contributed by atoms with van der Waals surface area (Å²) >= 11 is 3.16. The van der Waals surface area contributed by atoms with Crippen LogP contribution in [0.2, 0.25) is 0 Å². The first-order valence-corrected chi connectivity index (χ1v) is 5.36. The quantitative estimate of drug-likeness (QED) is 0.318. The Morgan fingerprint density at radius 1 is 1.67 bits per heavy atom. The van der Waals surface area contributed by atoms with E-state index >= 15 is 0 Å². The highest BCUT2D eigenvalue weighted by Crippen LogP contribution is 2.24. The fraction of sp³-hybridized carbons (Fsp3) is 0.700. The number of carbonyl (C=O) groups excluding carboxylic acids is 1. The summed E-state index contributed by atoms with van der Waals surface area (Å²) in [6.45, 7) is 3.70. The van der Waals surface area contributed by atoms with Crippen molar-refractivity contribution < 1.29 is 19.0 Å². The van der Waals surface area contributed by atoms with Gasteiger partial charge in [-0.25, -0.2) is 0 Å². The van der Waals surface area contributed by atoms with E-state index in [0.29, 0.717) is 6.61 Å². The number of hydrogen-bond acceptors (Lipinski definition) is 4. The van der Waals surface area contributed by atoms with Crippen LogP contribution in [-0.2, 0) is 19.0 Å². The Kier molecular flexibility index (Phi) is 6.57. The molecule has 0 heterocycles. The number of alkyl halides is 1. The van der Waals surface area contributed by atoms with E-state index in [1.807, 2.05) is 0 Å². The second-order valence-electron chi connectivity index (χ2n) is 2.83. The minimum atomic E-state index is -1.13. The molecule has 0 aliphatic carbocycles. The minimum absolute atomic E-state index is 0.0614. The number of esters is 1. The van der Waals surface area contributed by atoms with Gasteiger partial charge in [-0.1, -0.05) is 21.9 Å². The van der Waals surface area contributed by atoms with Crippen molar-refractivity contribution in [3.8, 4) is 12.3 Å². The van der Waals surface area contributed by atoms with Crippen molar-refractivity contribution in [2.24, 2.45) is 0 Å². The Morgan fingerprint density at radius 3 is 2.67 bits per heavy atom. The van der Waals surface area contributed by atoms with Crippen LogP contribution >= 0.6 is 15.9 Å². The fourth-order valence-electron chi connectivity index (χ4n) is 0.850. The van der Waals surface area contributed by atoms with Gasteiger partial charge in [-0.15, -0.1) is 6.42 Å². The van der Waals surface area contributed by atoms with Gasteiger partial charge in [0.05, 0.1) is 6.61 Å². The van der Waals surface area contributed by atoms with Crippen LogP contribution in [0.5, 0.6) is 0 Å². The summed E-state index contributed by atoms with van der Waals surface area (Å²) in [6, 6.07) is 0. The molecule has 0 aliphatic heterocycles. The molecule has 2 unspecified atom stereocenters. The summed E-state index contributed by atoms with van der Waals surface area (Å²) in [5.74, 6) is 0.736. The monoisotopic (exact) mass is 278 g/mol. The first kappa shape index (κ1) is 14.4. The third-order valence-corrected chi connectivity index (χ3v) is 3.01. The lowest BCUT2D eigenvalue weighted by Gasteiger charge is -2.30. The number of ether oxygens (including phenoxy) is 3. The highest BCUT2D eigenvalue weighted by atomic mass is 79.9. The van der Waals surface area contributed by atoms with Gasteiger partial charge in [0.25, 0.3) is 0 Å². The van der Waals surface area contributed by atoms with Crippen LogP contribution in [0.3, 0.4) is 0 Å². The topological polar surface area (TPSA) is 44.8 Å². The van der Waals surface area contributed by atoms with E-state index in [0.717, 1.165) is 0 Å². The van der Waals surface area contributed by atoms with E-state index in [1.54, 1.807) is 13.8 Å². The molecule has 2 atom stereocenters. The van der Waals surface area contributed by atoms with Gasteiger partial charge in [-0.05, 0) is 13.8 Å². The first-order chi connectivity index (χ1) is 7.01. The average molecular weight is 279 g/mol. The van der Waals surface area contributed by atoms with E-state index < -0.39 is 16.6 Å². The van der Waals surface area contributed by atoms with Crippen molar-refractivity contribution in [3.05, 3.63) is 0 Å². The summed E-state index contributed by atoms with van der Waals surface area (Å²) in [5.41, 5.74) is 0. The number of methoxy groups -OCH3 is 1. The molecule has 0 rings (SSSR count). The van der Waals surface area contributed by atoms with Crippen molar-refractivity contribution in [2.45, 2.75) is 24.5 Å². The molecule has 0 radical (unpaired) electrons. The highest BCUT2D eigenvalue weighted by molar-refractivity contribution is 9.10. The lowest BCUT2D eigenvalue weighted by molar-refractivity contribution is -0.207. The molecule has 0 aromatic carbocycles. The van der Waals surface area contributed by atoms with Gasteiger partial charge in [0.2, 0.25) is 0 Å². The Bertz CT molecular complexity index is 248. The number of hydrogen-bond donors (Lipinski definition) is 0. The molecule has 0 spiro atoms. The largest absolute Gasteiger partial charge is 0.465 e. The van der Waals surface area contributed by atoms with Gasteiger partial charge >= 0.3 is 5.97 Å². The average Bonchev–Trinajstić information content (AvgIpc) is 2.25. The van der Waals surface area contributed by atoms with E-state index in [1.165, 1.54) is 7.11 Å². The second-order valence-corrected chi connectivity index (χ2v) is 3.74. The number of terminal acetylenes is 1. The maximum absolute atomic E-state index is 11.4. The van der Waals surface area contributed by atoms with Crippen LogP contribution < -0.4 is 0 Å². The Hall–Kier alpha value is -0.570. The molecule has 0 aromatic heterocycles. The maximum atomic E-state index is 11.4. The molecule has 0 fully saturated rings. The Morgan fingerprint density at radius 2 is 2.27 bits per heavy atom. The maximum Gasteiger partial charge on any atom is 0.325 e. The van der Waals surface area contributed by atoms with E-state index in [-0.39, 0.29) is 6.61 Å². The predicted molar refractivity (Wildman–Crippen MR) is 59.5 cm³/mol. The van der Waals surface area contributed by atoms with Crippen molar-refractivity contribution in [1.29, 1.82) is 0 Å². The van der Waals surface area contributed by atoms with Crippen molar-refractivity contribution in [2.75, 3.05) is 20.3 Å². The molecule has 5 heteroatoms. The molecular formula is C10H15BrO4. The Balaban J connectivity index is 4.50. The van der Waals surface area contributed by atoms with Crippen LogP contribution in [0.1, 0.15) is 13.8 Å². The summed E-state index contributed by atoms with van der Waals surface area (Å²) in [5, 5.41) is 0. The number of carbonyl (C=O) groups is 1. The molecule has 0 saturated heterocycles. The van der Waals surface area contributed by atoms with Gasteiger partial charge in [0, 0.05) is 7.11 Å². The van der Waals surface area contributed by atoms with E-state index in [9.17, 15) is 4.79 Å². The third-order valence-electron chi connectivity index (χ3n) is 1.80. The standard InChI is InChI=1S/C10H15BrO4/c1-5-7-15-10(3,13-4)8(11)9(12)14-6-2/h1,8H,6-7H2,2-4H3. The van der Waals surface area contributed by atoms with Crippen molar-refractivity contribution in [3.63, 3.8) is 0 Å². The number of rotatable bonds is 6. The van der Waals surface area contributed by atoms with Crippen LogP contribution in [0, 0.1) is 12.3 Å². The highest BCUT2D eigenvalue weighted by Gasteiger charge is 2.39. The predicted octanol–water partition coefficient (Wildman–Crippen LogP) is 1.33. The molecule has 0 aromatic rings. The van der Waals surface area contributed by atoms with Crippen LogP contribution in [-0.4, -0.2) is 36.9 Å². The summed E-state index contributed by atoms with van der Waals surface area (Å²) in [6.07, 6.45) is 5.06. The minimum Gasteiger partial charge on any atom is -0.465 e. The molecule has 0 aliphatic rings. The molecule has 0 bridgehead atoms. The van der Waals surface area contributed by atoms with Crippen LogP contribution in [0.4, 0.5) is 0 Å². The third kappa shape index (κ3) is 4.20. The van der Waals surface area contributed by atoms with Crippen LogP contribution in [0.25, 0.3) is 0 Å². The SMILES string of the molecule is C#CCOC(C)(OC)C(Br)C(=O)OCC. The summed E-state index contributed by atoms with van der Waals surface area (Å²) < 4.78 is 15.2. The van der Waals surface area contributed by atoms with Crippen molar-refractivity contribution >= 4 is 21.9 Å². The molecule has 86 valence electrons.